The number of hydrogen-bond donors (Lipinski definition) is 4. The topological polar surface area (TPSA) is 60.7 Å². The minimum atomic E-state index is -2.18. The van der Waals surface area contributed by atoms with Crippen LogP contribution in [0.2, 0.25) is 0 Å². The van der Waals surface area contributed by atoms with Gasteiger partial charge in [0.25, 0.3) is 0 Å². The van der Waals surface area contributed by atoms with E-state index in [4.69, 9.17) is 15.1 Å². The zero-order valence-corrected chi connectivity index (χ0v) is 8.15. The fraction of sp³-hybridized carbons (Fsp3) is 0. The van der Waals surface area contributed by atoms with E-state index in [0.717, 1.165) is 0 Å². The van der Waals surface area contributed by atoms with Gasteiger partial charge in [0.1, 0.15) is 0 Å². The van der Waals surface area contributed by atoms with Crippen LogP contribution in [0.4, 0.5) is 22.0 Å². The molecule has 0 amide bonds. The summed E-state index contributed by atoms with van der Waals surface area (Å²) in [5.74, 6) is -10.00. The van der Waals surface area contributed by atoms with Gasteiger partial charge in [0, 0.05) is 0 Å². The second-order valence-electron chi connectivity index (χ2n) is 2.26. The van der Waals surface area contributed by atoms with Crippen molar-refractivity contribution in [1.82, 2.24) is 0 Å². The molecule has 0 aliphatic carbocycles. The molecule has 10 heteroatoms. The summed E-state index contributed by atoms with van der Waals surface area (Å²) in [4.78, 5) is -1.17. The lowest BCUT2D eigenvalue weighted by Crippen LogP contribution is -2.07. The van der Waals surface area contributed by atoms with E-state index in [2.05, 4.69) is 12.6 Å². The first-order valence-corrected chi connectivity index (χ1v) is 3.89. The lowest BCUT2D eigenvalue weighted by atomic mass is 10.3. The minimum Gasteiger partial charge on any atom is -0.402 e. The molecule has 0 saturated heterocycles. The van der Waals surface area contributed by atoms with Gasteiger partial charge < -0.3 is 15.1 Å². The number of hydrogen-bond acceptors (Lipinski definition) is 4. The van der Waals surface area contributed by atoms with Crippen LogP contribution < -0.4 is 0 Å². The van der Waals surface area contributed by atoms with Crippen LogP contribution in [0.1, 0.15) is 0 Å². The second-order valence-corrected chi connectivity index (χ2v) is 2.71. The van der Waals surface area contributed by atoms with Crippen molar-refractivity contribution in [2.45, 2.75) is 4.90 Å². The first-order chi connectivity index (χ1) is 7.20. The van der Waals surface area contributed by atoms with Crippen LogP contribution >= 0.6 is 12.6 Å². The molecule has 0 aliphatic heterocycles. The maximum absolute atomic E-state index is 12.3. The van der Waals surface area contributed by atoms with Crippen LogP contribution in [0.3, 0.4) is 0 Å². The smallest absolute Gasteiger partial charge is 0.402 e. The van der Waals surface area contributed by atoms with E-state index < -0.39 is 41.3 Å². The second kappa shape index (κ2) is 6.04. The summed E-state index contributed by atoms with van der Waals surface area (Å²) >= 11 is 3.10. The van der Waals surface area contributed by atoms with Crippen LogP contribution in [-0.4, -0.2) is 22.4 Å². The van der Waals surface area contributed by atoms with Crippen LogP contribution in [-0.2, 0) is 0 Å². The number of halogens is 5. The van der Waals surface area contributed by atoms with Gasteiger partial charge in [0.05, 0.1) is 4.90 Å². The summed E-state index contributed by atoms with van der Waals surface area (Å²) in [5, 5.41) is 21.5. The van der Waals surface area contributed by atoms with E-state index in [1.165, 1.54) is 0 Å². The van der Waals surface area contributed by atoms with E-state index in [1.807, 2.05) is 0 Å². The lowest BCUT2D eigenvalue weighted by Gasteiger charge is -2.01. The average Bonchev–Trinajstić information content (AvgIpc) is 2.20. The molecular weight excluding hydrogens is 258 g/mol. The molecule has 3 N–H and O–H groups in total. The first-order valence-electron chi connectivity index (χ1n) is 3.44. The molecule has 16 heavy (non-hydrogen) atoms. The molecule has 0 aromatic heterocycles. The van der Waals surface area contributed by atoms with Gasteiger partial charge in [0.15, 0.2) is 23.3 Å². The molecule has 0 radical (unpaired) electrons. The van der Waals surface area contributed by atoms with E-state index in [9.17, 15) is 22.0 Å². The third kappa shape index (κ3) is 3.63. The fourth-order valence-electron chi connectivity index (χ4n) is 0.593. The maximum Gasteiger partial charge on any atom is 0.631 e. The predicted molar refractivity (Wildman–Crippen MR) is 45.9 cm³/mol. The van der Waals surface area contributed by atoms with Gasteiger partial charge in [-0.05, 0) is 0 Å². The van der Waals surface area contributed by atoms with Crippen molar-refractivity contribution in [2.24, 2.45) is 0 Å². The quantitative estimate of drug-likeness (QED) is 0.182. The molecule has 1 aromatic carbocycles. The van der Waals surface area contributed by atoms with Gasteiger partial charge in [-0.15, -0.1) is 12.6 Å². The molecule has 0 fully saturated rings. The van der Waals surface area contributed by atoms with Crippen LogP contribution in [0, 0.1) is 29.1 Å². The van der Waals surface area contributed by atoms with E-state index in [1.54, 1.807) is 0 Å². The highest BCUT2D eigenvalue weighted by Crippen LogP contribution is 2.24. The predicted octanol–water partition coefficient (Wildman–Crippen LogP) is 0.619. The van der Waals surface area contributed by atoms with Crippen LogP contribution in [0.15, 0.2) is 4.90 Å². The minimum absolute atomic E-state index is 1.17. The fourth-order valence-corrected chi connectivity index (χ4v) is 0.790. The lowest BCUT2D eigenvalue weighted by molar-refractivity contribution is 0.278. The Balaban J connectivity index is 0.000000487. The van der Waals surface area contributed by atoms with Crippen molar-refractivity contribution in [3.8, 4) is 0 Å². The molecule has 0 spiro atoms. The summed E-state index contributed by atoms with van der Waals surface area (Å²) in [7, 11) is -2.17. The molecule has 0 atom stereocenters. The number of benzene rings is 1. The van der Waals surface area contributed by atoms with Crippen molar-refractivity contribution >= 4 is 20.0 Å². The van der Waals surface area contributed by atoms with Gasteiger partial charge >= 0.3 is 7.32 Å². The van der Waals surface area contributed by atoms with Gasteiger partial charge in [0.2, 0.25) is 5.82 Å². The largest absolute Gasteiger partial charge is 0.631 e. The summed E-state index contributed by atoms with van der Waals surface area (Å²) in [6.45, 7) is 0. The zero-order chi connectivity index (χ0) is 13.0. The molecule has 0 heterocycles. The van der Waals surface area contributed by atoms with Crippen molar-refractivity contribution in [3.63, 3.8) is 0 Å². The molecule has 90 valence electrons. The van der Waals surface area contributed by atoms with Gasteiger partial charge in [-0.25, -0.2) is 22.0 Å². The van der Waals surface area contributed by atoms with Crippen LogP contribution in [0.25, 0.3) is 0 Å². The standard InChI is InChI=1S/C6HF5S.BH3O3/c7-1-2(8)4(10)6(12)5(11)3(1)9;2-1(3)4/h12H;2-4H. The Morgan fingerprint density at radius 1 is 0.688 bits per heavy atom. The highest BCUT2D eigenvalue weighted by Gasteiger charge is 2.23. The van der Waals surface area contributed by atoms with Gasteiger partial charge in [-0.1, -0.05) is 0 Å². The molecule has 3 nitrogen and oxygen atoms in total. The van der Waals surface area contributed by atoms with Gasteiger partial charge in [-0.3, -0.25) is 0 Å². The Labute approximate surface area is 91.7 Å². The Morgan fingerprint density at radius 3 is 1.12 bits per heavy atom. The summed E-state index contributed by atoms with van der Waals surface area (Å²) < 4.78 is 61.3. The molecule has 0 saturated carbocycles. The monoisotopic (exact) mass is 262 g/mol. The number of rotatable bonds is 0. The number of thiol groups is 1. The molecule has 0 bridgehead atoms. The van der Waals surface area contributed by atoms with E-state index >= 15 is 0 Å². The Kier molecular flexibility index (Phi) is 5.72. The van der Waals surface area contributed by atoms with Crippen molar-refractivity contribution < 1.29 is 37.0 Å². The third-order valence-electron chi connectivity index (χ3n) is 1.19. The van der Waals surface area contributed by atoms with Gasteiger partial charge in [-0.2, -0.15) is 0 Å². The van der Waals surface area contributed by atoms with E-state index in [0.29, 0.717) is 0 Å². The summed E-state index contributed by atoms with van der Waals surface area (Å²) in [6.07, 6.45) is 0. The first kappa shape index (κ1) is 15.2. The Bertz CT molecular complexity index is 281. The summed E-state index contributed by atoms with van der Waals surface area (Å²) in [6, 6.07) is 0. The molecule has 1 rings (SSSR count). The normalized spacial score (nSPS) is 9.56. The molecule has 0 aliphatic rings. The highest BCUT2D eigenvalue weighted by atomic mass is 32.1. The van der Waals surface area contributed by atoms with Crippen LogP contribution in [0.5, 0.6) is 0 Å². The Hall–Kier alpha value is -0.835. The SMILES string of the molecule is Fc1c(F)c(F)c(S)c(F)c1F.OB(O)O. The van der Waals surface area contributed by atoms with Crippen molar-refractivity contribution in [1.29, 1.82) is 0 Å². The van der Waals surface area contributed by atoms with E-state index in [-0.39, 0.29) is 0 Å². The highest BCUT2D eigenvalue weighted by molar-refractivity contribution is 7.80. The summed E-state index contributed by atoms with van der Waals surface area (Å²) in [5.41, 5.74) is 0. The Morgan fingerprint density at radius 2 is 0.875 bits per heavy atom. The van der Waals surface area contributed by atoms with Crippen molar-refractivity contribution in [2.75, 3.05) is 0 Å². The maximum atomic E-state index is 12.3. The molecule has 0 unspecified atom stereocenters. The molecular formula is C6H4BF5O3S. The average molecular weight is 262 g/mol. The third-order valence-corrected chi connectivity index (χ3v) is 1.58. The van der Waals surface area contributed by atoms with Crippen molar-refractivity contribution in [3.05, 3.63) is 29.1 Å². The zero-order valence-electron chi connectivity index (χ0n) is 7.26. The molecule has 1 aromatic rings.